The van der Waals surface area contributed by atoms with Crippen molar-refractivity contribution in [2.75, 3.05) is 49.4 Å². The van der Waals surface area contributed by atoms with Crippen molar-refractivity contribution in [3.8, 4) is 0 Å². The number of rotatable bonds is 6. The number of aryl methyl sites for hydroxylation is 1. The number of morpholine rings is 1. The molecule has 2 aromatic rings. The molecule has 1 aliphatic heterocycles. The van der Waals surface area contributed by atoms with Gasteiger partial charge in [-0.1, -0.05) is 11.8 Å². The van der Waals surface area contributed by atoms with Crippen LogP contribution in [0.2, 0.25) is 0 Å². The van der Waals surface area contributed by atoms with Gasteiger partial charge in [0.05, 0.1) is 37.4 Å². The van der Waals surface area contributed by atoms with Gasteiger partial charge in [0.25, 0.3) is 0 Å². The maximum absolute atomic E-state index is 12.4. The van der Waals surface area contributed by atoms with E-state index in [4.69, 9.17) is 9.47 Å². The fourth-order valence-electron chi connectivity index (χ4n) is 2.75. The van der Waals surface area contributed by atoms with E-state index in [0.29, 0.717) is 35.4 Å². The van der Waals surface area contributed by atoms with Crippen molar-refractivity contribution in [2.45, 2.75) is 19.0 Å². The molecule has 9 heteroatoms. The third-order valence-corrected chi connectivity index (χ3v) is 4.62. The minimum absolute atomic E-state index is 0.289. The van der Waals surface area contributed by atoms with Gasteiger partial charge in [0.15, 0.2) is 5.16 Å². The molecule has 1 aliphatic rings. The molecule has 1 fully saturated rings. The summed E-state index contributed by atoms with van der Waals surface area (Å²) in [5.74, 6) is 0.882. The first kappa shape index (κ1) is 19.4. The van der Waals surface area contributed by atoms with Crippen molar-refractivity contribution >= 4 is 35.1 Å². The maximum Gasteiger partial charge on any atom is 0.343 e. The molecule has 0 atom stereocenters. The highest BCUT2D eigenvalue weighted by molar-refractivity contribution is 7.98. The summed E-state index contributed by atoms with van der Waals surface area (Å²) in [7, 11) is 0. The van der Waals surface area contributed by atoms with Gasteiger partial charge in [-0.3, -0.25) is 0 Å². The molecule has 1 N–H and O–H groups in total. The average molecular weight is 389 g/mol. The van der Waals surface area contributed by atoms with Gasteiger partial charge in [-0.2, -0.15) is 0 Å². The Kier molecular flexibility index (Phi) is 6.46. The molecule has 0 unspecified atom stereocenters. The number of esters is 1. The predicted molar refractivity (Wildman–Crippen MR) is 105 cm³/mol. The molecule has 0 aromatic carbocycles. The van der Waals surface area contributed by atoms with Crippen LogP contribution in [0.5, 0.6) is 0 Å². The quantitative estimate of drug-likeness (QED) is 0.455. The van der Waals surface area contributed by atoms with E-state index in [0.717, 1.165) is 24.6 Å². The number of ether oxygens (including phenoxy) is 2. The van der Waals surface area contributed by atoms with E-state index >= 15 is 0 Å². The van der Waals surface area contributed by atoms with E-state index in [-0.39, 0.29) is 6.61 Å². The fourth-order valence-corrected chi connectivity index (χ4v) is 3.16. The lowest BCUT2D eigenvalue weighted by atomic mass is 10.2. The van der Waals surface area contributed by atoms with Crippen LogP contribution in [0, 0.1) is 6.92 Å². The third kappa shape index (κ3) is 4.67. The molecule has 3 rings (SSSR count). The SMILES string of the molecule is CCOC(=O)c1c(C)nc(SC)nc1Nc1ccc(N2CCOCC2)nc1. The van der Waals surface area contributed by atoms with E-state index in [1.54, 1.807) is 20.0 Å². The van der Waals surface area contributed by atoms with Crippen LogP contribution >= 0.6 is 11.8 Å². The Hall–Kier alpha value is -2.39. The molecular formula is C18H23N5O3S. The Morgan fingerprint density at radius 1 is 1.33 bits per heavy atom. The minimum atomic E-state index is -0.442. The van der Waals surface area contributed by atoms with Gasteiger partial charge in [0.1, 0.15) is 17.2 Å². The van der Waals surface area contributed by atoms with Gasteiger partial charge in [-0.15, -0.1) is 0 Å². The molecule has 0 radical (unpaired) electrons. The van der Waals surface area contributed by atoms with E-state index in [1.807, 2.05) is 18.4 Å². The number of thioether (sulfide) groups is 1. The topological polar surface area (TPSA) is 89.5 Å². The zero-order valence-electron chi connectivity index (χ0n) is 15.7. The highest BCUT2D eigenvalue weighted by Gasteiger charge is 2.20. The molecule has 0 amide bonds. The van der Waals surface area contributed by atoms with Gasteiger partial charge in [0, 0.05) is 13.1 Å². The normalized spacial score (nSPS) is 14.1. The van der Waals surface area contributed by atoms with Gasteiger partial charge >= 0.3 is 5.97 Å². The van der Waals surface area contributed by atoms with E-state index in [2.05, 4.69) is 25.2 Å². The molecule has 8 nitrogen and oxygen atoms in total. The summed E-state index contributed by atoms with van der Waals surface area (Å²) in [6.45, 7) is 6.91. The highest BCUT2D eigenvalue weighted by Crippen LogP contribution is 2.25. The van der Waals surface area contributed by atoms with Gasteiger partial charge in [-0.05, 0) is 32.2 Å². The zero-order chi connectivity index (χ0) is 19.2. The molecule has 0 bridgehead atoms. The van der Waals surface area contributed by atoms with E-state index < -0.39 is 5.97 Å². The largest absolute Gasteiger partial charge is 0.462 e. The first-order valence-electron chi connectivity index (χ1n) is 8.78. The summed E-state index contributed by atoms with van der Waals surface area (Å²) in [4.78, 5) is 27.8. The molecule has 2 aromatic heterocycles. The van der Waals surface area contributed by atoms with Crippen molar-refractivity contribution in [3.63, 3.8) is 0 Å². The number of hydrogen-bond donors (Lipinski definition) is 1. The summed E-state index contributed by atoms with van der Waals surface area (Å²) in [5, 5.41) is 3.77. The minimum Gasteiger partial charge on any atom is -0.462 e. The predicted octanol–water partition coefficient (Wildman–Crippen LogP) is 2.66. The van der Waals surface area contributed by atoms with Gasteiger partial charge in [0.2, 0.25) is 0 Å². The van der Waals surface area contributed by atoms with Crippen molar-refractivity contribution < 1.29 is 14.3 Å². The molecule has 0 aliphatic carbocycles. The Morgan fingerprint density at radius 2 is 2.11 bits per heavy atom. The Bertz CT molecular complexity index is 794. The first-order valence-corrected chi connectivity index (χ1v) is 10.0. The fraction of sp³-hybridized carbons (Fsp3) is 0.444. The number of aromatic nitrogens is 3. The Morgan fingerprint density at radius 3 is 2.74 bits per heavy atom. The Balaban J connectivity index is 1.85. The molecule has 3 heterocycles. The molecule has 0 saturated carbocycles. The second kappa shape index (κ2) is 9.01. The maximum atomic E-state index is 12.4. The lowest BCUT2D eigenvalue weighted by Gasteiger charge is -2.27. The number of carbonyl (C=O) groups is 1. The lowest BCUT2D eigenvalue weighted by molar-refractivity contribution is 0.0525. The van der Waals surface area contributed by atoms with Crippen molar-refractivity contribution in [3.05, 3.63) is 29.6 Å². The summed E-state index contributed by atoms with van der Waals surface area (Å²) in [6.07, 6.45) is 3.62. The third-order valence-electron chi connectivity index (χ3n) is 4.08. The van der Waals surface area contributed by atoms with Crippen LogP contribution in [0.25, 0.3) is 0 Å². The van der Waals surface area contributed by atoms with Crippen molar-refractivity contribution in [1.29, 1.82) is 0 Å². The average Bonchev–Trinajstić information content (AvgIpc) is 2.69. The van der Waals surface area contributed by atoms with Crippen LogP contribution in [0.1, 0.15) is 23.0 Å². The summed E-state index contributed by atoms with van der Waals surface area (Å²) in [6, 6.07) is 3.87. The second-order valence-electron chi connectivity index (χ2n) is 5.87. The van der Waals surface area contributed by atoms with Gasteiger partial charge in [-0.25, -0.2) is 19.7 Å². The highest BCUT2D eigenvalue weighted by atomic mass is 32.2. The molecule has 27 heavy (non-hydrogen) atoms. The lowest BCUT2D eigenvalue weighted by Crippen LogP contribution is -2.36. The van der Waals surface area contributed by atoms with Crippen LogP contribution in [0.3, 0.4) is 0 Å². The number of pyridine rings is 1. The smallest absolute Gasteiger partial charge is 0.343 e. The standard InChI is InChI=1S/C18H23N5O3S/c1-4-26-17(24)15-12(2)20-18(27-3)22-16(15)21-13-5-6-14(19-11-13)23-7-9-25-10-8-23/h5-6,11H,4,7-10H2,1-3H3,(H,20,21,22). The van der Waals surface area contributed by atoms with E-state index in [9.17, 15) is 4.79 Å². The molecule has 1 saturated heterocycles. The molecule has 0 spiro atoms. The van der Waals surface area contributed by atoms with Crippen molar-refractivity contribution in [2.24, 2.45) is 0 Å². The zero-order valence-corrected chi connectivity index (χ0v) is 16.5. The number of hydrogen-bond acceptors (Lipinski definition) is 9. The number of anilines is 3. The summed E-state index contributed by atoms with van der Waals surface area (Å²) < 4.78 is 10.5. The summed E-state index contributed by atoms with van der Waals surface area (Å²) >= 11 is 1.41. The van der Waals surface area contributed by atoms with Crippen LogP contribution < -0.4 is 10.2 Å². The number of nitrogens with zero attached hydrogens (tertiary/aromatic N) is 4. The van der Waals surface area contributed by atoms with Crippen LogP contribution in [0.15, 0.2) is 23.5 Å². The number of nitrogens with one attached hydrogen (secondary N) is 1. The summed E-state index contributed by atoms with van der Waals surface area (Å²) in [5.41, 5.74) is 1.66. The molecule has 144 valence electrons. The van der Waals surface area contributed by atoms with E-state index in [1.165, 1.54) is 11.8 Å². The Labute approximate surface area is 162 Å². The second-order valence-corrected chi connectivity index (χ2v) is 6.64. The van der Waals surface area contributed by atoms with Crippen LogP contribution in [-0.4, -0.2) is 60.1 Å². The first-order chi connectivity index (χ1) is 13.1. The monoisotopic (exact) mass is 389 g/mol. The van der Waals surface area contributed by atoms with Gasteiger partial charge < -0.3 is 19.7 Å². The van der Waals surface area contributed by atoms with Crippen molar-refractivity contribution in [1.82, 2.24) is 15.0 Å². The van der Waals surface area contributed by atoms with Crippen LogP contribution in [0.4, 0.5) is 17.3 Å². The molecular weight excluding hydrogens is 366 g/mol. The van der Waals surface area contributed by atoms with Crippen LogP contribution in [-0.2, 0) is 9.47 Å². The number of carbonyl (C=O) groups excluding carboxylic acids is 1.